The smallest absolute Gasteiger partial charge is 0.239 e. The predicted octanol–water partition coefficient (Wildman–Crippen LogP) is 2.21. The highest BCUT2D eigenvalue weighted by atomic mass is 35.5. The van der Waals surface area contributed by atoms with Gasteiger partial charge in [-0.15, -0.1) is 24.8 Å². The van der Waals surface area contributed by atoms with Crippen LogP contribution in [0.3, 0.4) is 0 Å². The van der Waals surface area contributed by atoms with Crippen LogP contribution in [0.2, 0.25) is 0 Å². The number of rotatable bonds is 5. The van der Waals surface area contributed by atoms with Crippen molar-refractivity contribution in [2.45, 2.75) is 32.4 Å². The summed E-state index contributed by atoms with van der Waals surface area (Å²) in [6.45, 7) is 6.05. The Morgan fingerprint density at radius 2 is 1.80 bits per heavy atom. The van der Waals surface area contributed by atoms with E-state index in [1.54, 1.807) is 13.8 Å². The van der Waals surface area contributed by atoms with Gasteiger partial charge in [0.05, 0.1) is 5.54 Å². The number of nitrogens with zero attached hydrogens (tertiary/aromatic N) is 1. The largest absolute Gasteiger partial charge is 0.370 e. The average molecular weight is 322 g/mol. The van der Waals surface area contributed by atoms with E-state index < -0.39 is 5.54 Å². The van der Waals surface area contributed by atoms with Gasteiger partial charge in [0.2, 0.25) is 5.91 Å². The van der Waals surface area contributed by atoms with Gasteiger partial charge in [-0.1, -0.05) is 18.2 Å². The van der Waals surface area contributed by atoms with Gasteiger partial charge in [-0.05, 0) is 32.9 Å². The molecule has 6 heteroatoms. The van der Waals surface area contributed by atoms with Crippen LogP contribution in [0.5, 0.6) is 0 Å². The van der Waals surface area contributed by atoms with Crippen LogP contribution in [0.15, 0.2) is 30.3 Å². The number of anilines is 1. The van der Waals surface area contributed by atoms with Crippen molar-refractivity contribution in [1.29, 1.82) is 0 Å². The normalized spacial score (nSPS) is 11.7. The molecule has 1 rings (SSSR count). The second-order valence-electron chi connectivity index (χ2n) is 5.23. The molecule has 0 aliphatic rings. The SMILES string of the molecule is CC(CNC(=O)C(C)(C)N)N(C)c1ccccc1.Cl.Cl. The topological polar surface area (TPSA) is 58.4 Å². The van der Waals surface area contributed by atoms with Crippen molar-refractivity contribution < 1.29 is 4.79 Å². The zero-order chi connectivity index (χ0) is 13.8. The molecule has 4 nitrogen and oxygen atoms in total. The van der Waals surface area contributed by atoms with Gasteiger partial charge in [0.1, 0.15) is 0 Å². The molecular weight excluding hydrogens is 297 g/mol. The number of para-hydroxylation sites is 1. The van der Waals surface area contributed by atoms with Crippen molar-refractivity contribution in [2.24, 2.45) is 5.73 Å². The summed E-state index contributed by atoms with van der Waals surface area (Å²) in [6.07, 6.45) is 0. The van der Waals surface area contributed by atoms with Crippen molar-refractivity contribution in [2.75, 3.05) is 18.5 Å². The molecule has 1 atom stereocenters. The highest BCUT2D eigenvalue weighted by Gasteiger charge is 2.22. The molecule has 0 saturated carbocycles. The van der Waals surface area contributed by atoms with Gasteiger partial charge in [0, 0.05) is 25.3 Å². The molecule has 1 aromatic carbocycles. The fraction of sp³-hybridized carbons (Fsp3) is 0.500. The molecule has 1 amide bonds. The molecule has 3 N–H and O–H groups in total. The van der Waals surface area contributed by atoms with Crippen LogP contribution in [-0.4, -0.2) is 31.1 Å². The van der Waals surface area contributed by atoms with E-state index in [1.165, 1.54) is 0 Å². The summed E-state index contributed by atoms with van der Waals surface area (Å²) in [7, 11) is 2.01. The Labute approximate surface area is 133 Å². The summed E-state index contributed by atoms with van der Waals surface area (Å²) in [5.41, 5.74) is 6.03. The van der Waals surface area contributed by atoms with Crippen molar-refractivity contribution in [1.82, 2.24) is 5.32 Å². The van der Waals surface area contributed by atoms with Crippen LogP contribution in [0.4, 0.5) is 5.69 Å². The Kier molecular flexibility index (Phi) is 9.66. The van der Waals surface area contributed by atoms with Crippen LogP contribution in [0.25, 0.3) is 0 Å². The monoisotopic (exact) mass is 321 g/mol. The maximum atomic E-state index is 11.7. The van der Waals surface area contributed by atoms with Crippen LogP contribution < -0.4 is 16.0 Å². The Balaban J connectivity index is 0. The molecule has 1 aromatic rings. The number of nitrogens with two attached hydrogens (primary N) is 1. The second kappa shape index (κ2) is 9.06. The Morgan fingerprint density at radius 3 is 2.25 bits per heavy atom. The van der Waals surface area contributed by atoms with Crippen molar-refractivity contribution in [3.8, 4) is 0 Å². The Bertz CT molecular complexity index is 393. The molecule has 1 unspecified atom stereocenters. The number of likely N-dealkylation sites (N-methyl/N-ethyl adjacent to an activating group) is 1. The lowest BCUT2D eigenvalue weighted by molar-refractivity contribution is -0.125. The van der Waals surface area contributed by atoms with E-state index in [1.807, 2.05) is 37.4 Å². The maximum absolute atomic E-state index is 11.7. The van der Waals surface area contributed by atoms with Gasteiger partial charge >= 0.3 is 0 Å². The number of benzene rings is 1. The van der Waals surface area contributed by atoms with Crippen LogP contribution in [0, 0.1) is 0 Å². The zero-order valence-corrected chi connectivity index (χ0v) is 14.1. The number of amides is 1. The summed E-state index contributed by atoms with van der Waals surface area (Å²) in [5.74, 6) is -0.129. The third kappa shape index (κ3) is 6.46. The first-order chi connectivity index (χ1) is 8.32. The third-order valence-electron chi connectivity index (χ3n) is 2.97. The minimum absolute atomic E-state index is 0. The number of nitrogens with one attached hydrogen (secondary N) is 1. The van der Waals surface area contributed by atoms with Gasteiger partial charge in [0.25, 0.3) is 0 Å². The summed E-state index contributed by atoms with van der Waals surface area (Å²) in [4.78, 5) is 13.8. The summed E-state index contributed by atoms with van der Waals surface area (Å²) in [5, 5.41) is 2.87. The number of carbonyl (C=O) groups is 1. The first-order valence-corrected chi connectivity index (χ1v) is 6.17. The quantitative estimate of drug-likeness (QED) is 0.874. The summed E-state index contributed by atoms with van der Waals surface area (Å²) in [6, 6.07) is 10.3. The molecule has 20 heavy (non-hydrogen) atoms. The average Bonchev–Trinajstić information content (AvgIpc) is 2.34. The molecule has 0 saturated heterocycles. The van der Waals surface area contributed by atoms with Crippen molar-refractivity contribution in [3.05, 3.63) is 30.3 Å². The van der Waals surface area contributed by atoms with E-state index in [4.69, 9.17) is 5.73 Å². The van der Waals surface area contributed by atoms with Crippen molar-refractivity contribution in [3.63, 3.8) is 0 Å². The van der Waals surface area contributed by atoms with Gasteiger partial charge in [-0.25, -0.2) is 0 Å². The van der Waals surface area contributed by atoms with E-state index in [9.17, 15) is 4.79 Å². The van der Waals surface area contributed by atoms with E-state index in [-0.39, 0.29) is 36.8 Å². The molecule has 0 spiro atoms. The molecule has 0 aromatic heterocycles. The minimum atomic E-state index is -0.828. The Hall–Kier alpha value is -0.970. The minimum Gasteiger partial charge on any atom is -0.370 e. The second-order valence-corrected chi connectivity index (χ2v) is 5.23. The number of carbonyl (C=O) groups excluding carboxylic acids is 1. The predicted molar refractivity (Wildman–Crippen MR) is 90.1 cm³/mol. The fourth-order valence-corrected chi connectivity index (χ4v) is 1.52. The van der Waals surface area contributed by atoms with Crippen LogP contribution >= 0.6 is 24.8 Å². The maximum Gasteiger partial charge on any atom is 0.239 e. The molecule has 0 aliphatic carbocycles. The van der Waals surface area contributed by atoms with E-state index in [0.29, 0.717) is 6.54 Å². The third-order valence-corrected chi connectivity index (χ3v) is 2.97. The first-order valence-electron chi connectivity index (χ1n) is 6.17. The molecule has 0 radical (unpaired) electrons. The van der Waals surface area contributed by atoms with Crippen LogP contribution in [0.1, 0.15) is 20.8 Å². The van der Waals surface area contributed by atoms with Gasteiger partial charge in [0.15, 0.2) is 0 Å². The molecule has 0 heterocycles. The highest BCUT2D eigenvalue weighted by Crippen LogP contribution is 2.13. The highest BCUT2D eigenvalue weighted by molar-refractivity contribution is 5.86. The number of hydrogen-bond acceptors (Lipinski definition) is 3. The van der Waals surface area contributed by atoms with Crippen LogP contribution in [-0.2, 0) is 4.79 Å². The fourth-order valence-electron chi connectivity index (χ4n) is 1.52. The Morgan fingerprint density at radius 1 is 1.30 bits per heavy atom. The first kappa shape index (κ1) is 21.3. The van der Waals surface area contributed by atoms with Gasteiger partial charge in [-0.3, -0.25) is 4.79 Å². The number of hydrogen-bond donors (Lipinski definition) is 2. The zero-order valence-electron chi connectivity index (χ0n) is 12.4. The standard InChI is InChI=1S/C14H23N3O.2ClH/c1-11(10-16-13(18)14(2,3)15)17(4)12-8-6-5-7-9-12;;/h5-9,11H,10,15H2,1-4H3,(H,16,18);2*1H. The molecule has 0 aliphatic heterocycles. The van der Waals surface area contributed by atoms with E-state index in [2.05, 4.69) is 17.1 Å². The van der Waals surface area contributed by atoms with Gasteiger partial charge in [-0.2, -0.15) is 0 Å². The van der Waals surface area contributed by atoms with Gasteiger partial charge < -0.3 is 16.0 Å². The lowest BCUT2D eigenvalue weighted by atomic mass is 10.1. The molecule has 116 valence electrons. The lowest BCUT2D eigenvalue weighted by Crippen LogP contribution is -2.52. The molecule has 0 bridgehead atoms. The van der Waals surface area contributed by atoms with E-state index in [0.717, 1.165) is 5.69 Å². The van der Waals surface area contributed by atoms with Crippen molar-refractivity contribution >= 4 is 36.4 Å². The number of halogens is 2. The van der Waals surface area contributed by atoms with E-state index >= 15 is 0 Å². The summed E-state index contributed by atoms with van der Waals surface area (Å²) < 4.78 is 0. The molecular formula is C14H25Cl2N3O. The lowest BCUT2D eigenvalue weighted by Gasteiger charge is -2.28. The molecule has 0 fully saturated rings. The summed E-state index contributed by atoms with van der Waals surface area (Å²) >= 11 is 0.